The molecule has 0 radical (unpaired) electrons. The first kappa shape index (κ1) is 9.84. The largest absolute Gasteiger partial charge is 0.386 e. The predicted octanol–water partition coefficient (Wildman–Crippen LogP) is 1.92. The molecule has 0 spiro atoms. The summed E-state index contributed by atoms with van der Waals surface area (Å²) in [6.07, 6.45) is 2.05. The summed E-state index contributed by atoms with van der Waals surface area (Å²) in [5.74, 6) is -0.0320. The summed E-state index contributed by atoms with van der Waals surface area (Å²) >= 11 is 0. The van der Waals surface area contributed by atoms with Crippen molar-refractivity contribution in [3.05, 3.63) is 12.2 Å². The fraction of sp³-hybridized carbons (Fsp3) is 0.727. The first-order valence-electron chi connectivity index (χ1n) is 5.09. The number of carbonyl (C=O) groups excluding carboxylic acids is 1. The number of hydrogen-bond donors (Lipinski definition) is 1. The van der Waals surface area contributed by atoms with E-state index in [1.165, 1.54) is 0 Å². The SMILES string of the molecule is C=C1CCCC2(O)CC(=O)CCC12F. The molecular weight excluding hydrogens is 183 g/mol. The normalized spacial score (nSPS) is 43.6. The molecule has 0 aromatic carbocycles. The Hall–Kier alpha value is -0.700. The summed E-state index contributed by atoms with van der Waals surface area (Å²) in [5.41, 5.74) is -2.70. The molecule has 1 N–H and O–H groups in total. The van der Waals surface area contributed by atoms with Crippen molar-refractivity contribution in [1.82, 2.24) is 0 Å². The third-order valence-electron chi connectivity index (χ3n) is 3.60. The molecule has 0 saturated heterocycles. The van der Waals surface area contributed by atoms with E-state index >= 15 is 0 Å². The van der Waals surface area contributed by atoms with Gasteiger partial charge in [0.1, 0.15) is 11.4 Å². The first-order valence-corrected chi connectivity index (χ1v) is 5.09. The van der Waals surface area contributed by atoms with E-state index in [0.29, 0.717) is 18.4 Å². The number of aliphatic hydroxyl groups is 1. The summed E-state index contributed by atoms with van der Waals surface area (Å²) in [6.45, 7) is 3.69. The minimum absolute atomic E-state index is 0.0320. The van der Waals surface area contributed by atoms with E-state index < -0.39 is 11.3 Å². The molecule has 2 nitrogen and oxygen atoms in total. The smallest absolute Gasteiger partial charge is 0.161 e. The zero-order chi connectivity index (χ0) is 10.4. The van der Waals surface area contributed by atoms with Gasteiger partial charge >= 0.3 is 0 Å². The van der Waals surface area contributed by atoms with E-state index in [0.717, 1.165) is 6.42 Å². The van der Waals surface area contributed by atoms with Gasteiger partial charge in [0, 0.05) is 12.8 Å². The van der Waals surface area contributed by atoms with Crippen LogP contribution in [0, 0.1) is 0 Å². The molecule has 2 atom stereocenters. The Balaban J connectivity index is 2.36. The highest BCUT2D eigenvalue weighted by molar-refractivity contribution is 5.81. The lowest BCUT2D eigenvalue weighted by atomic mass is 9.63. The molecule has 2 saturated carbocycles. The lowest BCUT2D eigenvalue weighted by Gasteiger charge is -2.48. The maximum Gasteiger partial charge on any atom is 0.161 e. The van der Waals surface area contributed by atoms with Crippen LogP contribution >= 0.6 is 0 Å². The van der Waals surface area contributed by atoms with Crippen LogP contribution in [0.15, 0.2) is 12.2 Å². The lowest BCUT2D eigenvalue weighted by molar-refractivity contribution is -0.152. The van der Waals surface area contributed by atoms with E-state index in [4.69, 9.17) is 0 Å². The monoisotopic (exact) mass is 198 g/mol. The number of carbonyl (C=O) groups is 1. The predicted molar refractivity (Wildman–Crippen MR) is 50.6 cm³/mol. The van der Waals surface area contributed by atoms with Gasteiger partial charge < -0.3 is 5.11 Å². The van der Waals surface area contributed by atoms with Crippen molar-refractivity contribution in [1.29, 1.82) is 0 Å². The topological polar surface area (TPSA) is 37.3 Å². The van der Waals surface area contributed by atoms with E-state index in [9.17, 15) is 14.3 Å². The number of rotatable bonds is 0. The van der Waals surface area contributed by atoms with Crippen LogP contribution < -0.4 is 0 Å². The van der Waals surface area contributed by atoms with Crippen molar-refractivity contribution >= 4 is 5.78 Å². The summed E-state index contributed by atoms with van der Waals surface area (Å²) in [7, 11) is 0. The fourth-order valence-electron chi connectivity index (χ4n) is 2.68. The number of halogens is 1. The average Bonchev–Trinajstić information content (AvgIpc) is 2.10. The van der Waals surface area contributed by atoms with Gasteiger partial charge in [-0.05, 0) is 31.3 Å². The molecule has 3 heteroatoms. The van der Waals surface area contributed by atoms with Gasteiger partial charge in [0.15, 0.2) is 5.67 Å². The summed E-state index contributed by atoms with van der Waals surface area (Å²) < 4.78 is 14.5. The Kier molecular flexibility index (Phi) is 2.03. The van der Waals surface area contributed by atoms with Crippen molar-refractivity contribution < 1.29 is 14.3 Å². The van der Waals surface area contributed by atoms with Crippen LogP contribution in [0.5, 0.6) is 0 Å². The molecule has 2 aliphatic carbocycles. The second-order valence-electron chi connectivity index (χ2n) is 4.51. The molecule has 14 heavy (non-hydrogen) atoms. The minimum Gasteiger partial charge on any atom is -0.386 e. The summed E-state index contributed by atoms with van der Waals surface area (Å²) in [4.78, 5) is 11.2. The van der Waals surface area contributed by atoms with Crippen LogP contribution in [-0.4, -0.2) is 22.2 Å². The van der Waals surface area contributed by atoms with E-state index in [1.807, 2.05) is 0 Å². The standard InChI is InChI=1S/C11H15FO2/c1-8-3-2-5-10(14)7-9(13)4-6-11(8,10)12/h14H,1-7H2. The summed E-state index contributed by atoms with van der Waals surface area (Å²) in [5, 5.41) is 10.1. The Morgan fingerprint density at radius 2 is 2.07 bits per heavy atom. The van der Waals surface area contributed by atoms with Crippen LogP contribution in [-0.2, 0) is 4.79 Å². The zero-order valence-corrected chi connectivity index (χ0v) is 8.18. The number of Topliss-reactive ketones (excluding diaryl/α,β-unsaturated/α-hetero) is 1. The van der Waals surface area contributed by atoms with Crippen molar-refractivity contribution in [2.24, 2.45) is 0 Å². The maximum atomic E-state index is 14.5. The highest BCUT2D eigenvalue weighted by Crippen LogP contribution is 2.50. The molecule has 2 rings (SSSR count). The highest BCUT2D eigenvalue weighted by Gasteiger charge is 2.57. The molecular formula is C11H15FO2. The van der Waals surface area contributed by atoms with Gasteiger partial charge in [-0.3, -0.25) is 4.79 Å². The molecule has 2 fully saturated rings. The van der Waals surface area contributed by atoms with E-state index in [2.05, 4.69) is 6.58 Å². The molecule has 2 aliphatic rings. The molecule has 0 aromatic rings. The molecule has 0 amide bonds. The minimum atomic E-state index is -1.71. The van der Waals surface area contributed by atoms with Crippen LogP contribution in [0.4, 0.5) is 4.39 Å². The zero-order valence-electron chi connectivity index (χ0n) is 8.18. The van der Waals surface area contributed by atoms with E-state index in [1.54, 1.807) is 0 Å². The van der Waals surface area contributed by atoms with Gasteiger partial charge in [-0.15, -0.1) is 0 Å². The highest BCUT2D eigenvalue weighted by atomic mass is 19.1. The number of hydrogen-bond acceptors (Lipinski definition) is 2. The van der Waals surface area contributed by atoms with Crippen LogP contribution in [0.25, 0.3) is 0 Å². The molecule has 0 aromatic heterocycles. The third kappa shape index (κ3) is 1.15. The van der Waals surface area contributed by atoms with Crippen LogP contribution in [0.3, 0.4) is 0 Å². The van der Waals surface area contributed by atoms with Crippen LogP contribution in [0.1, 0.15) is 38.5 Å². The first-order chi connectivity index (χ1) is 6.48. The molecule has 2 unspecified atom stereocenters. The van der Waals surface area contributed by atoms with Crippen molar-refractivity contribution in [3.8, 4) is 0 Å². The van der Waals surface area contributed by atoms with E-state index in [-0.39, 0.29) is 25.0 Å². The number of alkyl halides is 1. The summed E-state index contributed by atoms with van der Waals surface area (Å²) in [6, 6.07) is 0. The second kappa shape index (κ2) is 2.89. The Morgan fingerprint density at radius 1 is 1.36 bits per heavy atom. The Labute approximate surface area is 82.8 Å². The van der Waals surface area contributed by atoms with Gasteiger partial charge in [-0.25, -0.2) is 4.39 Å². The van der Waals surface area contributed by atoms with Crippen molar-refractivity contribution in [2.45, 2.75) is 49.8 Å². The Bertz CT molecular complexity index is 300. The average molecular weight is 198 g/mol. The number of ketones is 1. The molecule has 78 valence electrons. The van der Waals surface area contributed by atoms with Crippen LogP contribution in [0.2, 0.25) is 0 Å². The van der Waals surface area contributed by atoms with Crippen molar-refractivity contribution in [3.63, 3.8) is 0 Å². The molecule has 0 aliphatic heterocycles. The number of fused-ring (bicyclic) bond motifs is 1. The molecule has 0 bridgehead atoms. The lowest BCUT2D eigenvalue weighted by Crippen LogP contribution is -2.58. The van der Waals surface area contributed by atoms with Gasteiger partial charge in [-0.2, -0.15) is 0 Å². The van der Waals surface area contributed by atoms with Gasteiger partial charge in [0.2, 0.25) is 0 Å². The van der Waals surface area contributed by atoms with Gasteiger partial charge in [0.05, 0.1) is 0 Å². The maximum absolute atomic E-state index is 14.5. The van der Waals surface area contributed by atoms with Gasteiger partial charge in [0.25, 0.3) is 0 Å². The third-order valence-corrected chi connectivity index (χ3v) is 3.60. The quantitative estimate of drug-likeness (QED) is 0.604. The molecule has 0 heterocycles. The second-order valence-corrected chi connectivity index (χ2v) is 4.51. The van der Waals surface area contributed by atoms with Gasteiger partial charge in [-0.1, -0.05) is 6.58 Å². The van der Waals surface area contributed by atoms with Crippen molar-refractivity contribution in [2.75, 3.05) is 0 Å². The Morgan fingerprint density at radius 3 is 2.79 bits per heavy atom. The fourth-order valence-corrected chi connectivity index (χ4v) is 2.68.